The minimum absolute atomic E-state index is 0.0108. The molecule has 0 radical (unpaired) electrons. The van der Waals surface area contributed by atoms with Crippen molar-refractivity contribution in [1.82, 2.24) is 34.4 Å². The molecule has 2 aliphatic rings. The van der Waals surface area contributed by atoms with Gasteiger partial charge in [-0.2, -0.15) is 19.3 Å². The molecule has 1 saturated heterocycles. The normalized spacial score (nSPS) is 20.4. The van der Waals surface area contributed by atoms with Crippen LogP contribution < -0.4 is 5.32 Å². The van der Waals surface area contributed by atoms with E-state index >= 15 is 0 Å². The zero-order chi connectivity index (χ0) is 24.9. The molecule has 9 nitrogen and oxygen atoms in total. The molecule has 1 unspecified atom stereocenters. The third-order valence-electron chi connectivity index (χ3n) is 7.07. The van der Waals surface area contributed by atoms with Crippen LogP contribution in [0.4, 0.5) is 0 Å². The van der Waals surface area contributed by atoms with E-state index < -0.39 is 10.0 Å². The van der Waals surface area contributed by atoms with Gasteiger partial charge in [0, 0.05) is 42.6 Å². The van der Waals surface area contributed by atoms with Crippen LogP contribution in [0.1, 0.15) is 23.1 Å². The summed E-state index contributed by atoms with van der Waals surface area (Å²) in [6, 6.07) is 14.7. The van der Waals surface area contributed by atoms with Gasteiger partial charge < -0.3 is 5.32 Å². The van der Waals surface area contributed by atoms with Crippen molar-refractivity contribution in [2.75, 3.05) is 13.1 Å². The first-order chi connectivity index (χ1) is 17.4. The topological polar surface area (TPSA) is 97.9 Å². The fourth-order valence-electron chi connectivity index (χ4n) is 5.36. The number of aryl methyl sites for hydroxylation is 2. The van der Waals surface area contributed by atoms with Crippen molar-refractivity contribution in [2.45, 2.75) is 30.2 Å². The Labute approximate surface area is 213 Å². The van der Waals surface area contributed by atoms with Crippen LogP contribution in [-0.4, -0.2) is 56.1 Å². The van der Waals surface area contributed by atoms with Crippen LogP contribution in [0.25, 0.3) is 15.9 Å². The van der Waals surface area contributed by atoms with Gasteiger partial charge in [0.15, 0.2) is 0 Å². The predicted molar refractivity (Wildman–Crippen MR) is 143 cm³/mol. The van der Waals surface area contributed by atoms with E-state index in [9.17, 15) is 8.42 Å². The molecule has 2 aliphatic heterocycles. The molecule has 2 aromatic carbocycles. The van der Waals surface area contributed by atoms with E-state index in [-0.39, 0.29) is 10.4 Å². The number of hydrogen-bond acceptors (Lipinski definition) is 6. The lowest BCUT2D eigenvalue weighted by molar-refractivity contribution is 0.412. The Bertz CT molecular complexity index is 1620. The molecule has 6 rings (SSSR count). The number of nitrogens with zero attached hydrogens (tertiary/aromatic N) is 6. The van der Waals surface area contributed by atoms with Gasteiger partial charge in [0.25, 0.3) is 10.0 Å². The molecule has 36 heavy (non-hydrogen) atoms. The van der Waals surface area contributed by atoms with E-state index in [2.05, 4.69) is 51.8 Å². The average molecular weight is 522 g/mol. The van der Waals surface area contributed by atoms with Gasteiger partial charge in [0.1, 0.15) is 5.03 Å². The number of nitrogens with one attached hydrogen (secondary N) is 1. The molecule has 2 aromatic heterocycles. The highest BCUT2D eigenvalue weighted by atomic mass is 32.2. The van der Waals surface area contributed by atoms with E-state index in [0.29, 0.717) is 19.5 Å². The van der Waals surface area contributed by atoms with Gasteiger partial charge in [0.2, 0.25) is 5.03 Å². The van der Waals surface area contributed by atoms with Crippen molar-refractivity contribution in [2.24, 2.45) is 7.05 Å². The summed E-state index contributed by atoms with van der Waals surface area (Å²) in [6.07, 6.45) is 6.63. The van der Waals surface area contributed by atoms with Crippen LogP contribution in [-0.2, 0) is 28.9 Å². The number of hydrogen-bond donors (Lipinski definition) is 2. The first-order valence-electron chi connectivity index (χ1n) is 11.7. The summed E-state index contributed by atoms with van der Waals surface area (Å²) in [4.78, 5) is 1.28. The van der Waals surface area contributed by atoms with Gasteiger partial charge >= 0.3 is 0 Å². The first-order valence-corrected chi connectivity index (χ1v) is 14.1. The zero-order valence-electron chi connectivity index (χ0n) is 20.0. The van der Waals surface area contributed by atoms with Gasteiger partial charge in [-0.1, -0.05) is 30.3 Å². The molecule has 0 bridgehead atoms. The van der Waals surface area contributed by atoms with Crippen molar-refractivity contribution in [3.05, 3.63) is 77.7 Å². The number of thiol groups is 1. The van der Waals surface area contributed by atoms with Crippen LogP contribution in [0.15, 0.2) is 66.1 Å². The Balaban J connectivity index is 1.44. The molecule has 1 fully saturated rings. The minimum Gasteiger partial charge on any atom is -0.361 e. The summed E-state index contributed by atoms with van der Waals surface area (Å²) in [5.74, 6) is 0. The molecule has 0 spiro atoms. The summed E-state index contributed by atoms with van der Waals surface area (Å²) < 4.78 is 30.4. The smallest absolute Gasteiger partial charge is 0.264 e. The molecule has 4 heterocycles. The van der Waals surface area contributed by atoms with E-state index in [1.54, 1.807) is 11.4 Å². The Morgan fingerprint density at radius 2 is 1.97 bits per heavy atom. The van der Waals surface area contributed by atoms with Crippen LogP contribution in [0.3, 0.4) is 0 Å². The van der Waals surface area contributed by atoms with E-state index in [1.165, 1.54) is 16.6 Å². The molecule has 0 aliphatic carbocycles. The lowest BCUT2D eigenvalue weighted by Crippen LogP contribution is -2.36. The fourth-order valence-corrected chi connectivity index (χ4v) is 7.48. The molecular formula is C25H27N7O2S2. The first kappa shape index (κ1) is 23.1. The number of aromatic nitrogens is 5. The highest BCUT2D eigenvalue weighted by Crippen LogP contribution is 2.42. The second kappa shape index (κ2) is 8.68. The van der Waals surface area contributed by atoms with Crippen LogP contribution >= 0.6 is 11.4 Å². The predicted octanol–water partition coefficient (Wildman–Crippen LogP) is 2.63. The number of fused-ring (bicyclic) bond motifs is 1. The Hall–Kier alpha value is -3.28. The lowest BCUT2D eigenvalue weighted by Gasteiger charge is -2.32. The lowest BCUT2D eigenvalue weighted by atomic mass is 9.73. The minimum atomic E-state index is -3.75. The maximum Gasteiger partial charge on any atom is 0.264 e. The largest absolute Gasteiger partial charge is 0.361 e. The zero-order valence-corrected chi connectivity index (χ0v) is 21.7. The van der Waals surface area contributed by atoms with Crippen molar-refractivity contribution in [1.29, 1.82) is 0 Å². The van der Waals surface area contributed by atoms with E-state index in [4.69, 9.17) is 0 Å². The van der Waals surface area contributed by atoms with Crippen molar-refractivity contribution in [3.63, 3.8) is 0 Å². The summed E-state index contributed by atoms with van der Waals surface area (Å²) in [5.41, 5.74) is 6.12. The SMILES string of the molecule is Cc1cc2c(cnn2C2=CNC=[SH]2)cc1C1(Cc2ccccc2)CCN(S(=O)(=O)c2cnn(C)n2)C1. The number of benzene rings is 2. The molecular weight excluding hydrogens is 494 g/mol. The van der Waals surface area contributed by atoms with Crippen LogP contribution in [0.2, 0.25) is 0 Å². The van der Waals surface area contributed by atoms with Crippen molar-refractivity contribution in [3.8, 4) is 0 Å². The van der Waals surface area contributed by atoms with Gasteiger partial charge in [0.05, 0.1) is 17.9 Å². The van der Waals surface area contributed by atoms with Gasteiger partial charge in [-0.15, -0.1) is 16.4 Å². The third kappa shape index (κ3) is 3.87. The summed E-state index contributed by atoms with van der Waals surface area (Å²) >= 11 is 1.07. The number of sulfonamides is 1. The van der Waals surface area contributed by atoms with Gasteiger partial charge in [-0.25, -0.2) is 13.1 Å². The van der Waals surface area contributed by atoms with Gasteiger partial charge in [-0.3, -0.25) is 0 Å². The van der Waals surface area contributed by atoms with Crippen LogP contribution in [0, 0.1) is 6.92 Å². The molecule has 1 atom stereocenters. The standard InChI is InChI=1S/C25H27N7O2S2/c1-18-10-22-20(13-28-32(22)24-15-26-17-35-24)11-21(18)25(12-19-6-4-3-5-7-19)8-9-31(16-25)36(33,34)23-14-27-30(2)29-23/h3-7,10-11,13-15,17,26,35H,8-9,12,16H2,1-2H3. The van der Waals surface area contributed by atoms with Crippen molar-refractivity contribution >= 4 is 42.8 Å². The quantitative estimate of drug-likeness (QED) is 0.299. The Morgan fingerprint density at radius 3 is 2.69 bits per heavy atom. The van der Waals surface area contributed by atoms with Crippen LogP contribution in [0.5, 0.6) is 0 Å². The molecule has 1 N–H and O–H groups in total. The molecule has 0 saturated carbocycles. The molecule has 186 valence electrons. The summed E-state index contributed by atoms with van der Waals surface area (Å²) in [7, 11) is -2.13. The second-order valence-electron chi connectivity index (χ2n) is 9.41. The fraction of sp³-hybridized carbons (Fsp3) is 0.280. The maximum absolute atomic E-state index is 13.4. The molecule has 11 heteroatoms. The molecule has 0 amide bonds. The van der Waals surface area contributed by atoms with Gasteiger partial charge in [-0.05, 0) is 48.6 Å². The Morgan fingerprint density at radius 1 is 1.14 bits per heavy atom. The third-order valence-corrected chi connectivity index (χ3v) is 9.64. The average Bonchev–Trinajstić information content (AvgIpc) is 3.66. The number of rotatable bonds is 6. The summed E-state index contributed by atoms with van der Waals surface area (Å²) in [6.45, 7) is 2.92. The Kier molecular flexibility index (Phi) is 5.58. The molecule has 4 aromatic rings. The monoisotopic (exact) mass is 521 g/mol. The maximum atomic E-state index is 13.4. The van der Waals surface area contributed by atoms with E-state index in [0.717, 1.165) is 44.8 Å². The van der Waals surface area contributed by atoms with Crippen molar-refractivity contribution < 1.29 is 8.42 Å². The van der Waals surface area contributed by atoms with E-state index in [1.807, 2.05) is 40.8 Å². The summed E-state index contributed by atoms with van der Waals surface area (Å²) in [5, 5.41) is 17.9. The highest BCUT2D eigenvalue weighted by molar-refractivity contribution is 8.06. The second-order valence-corrected chi connectivity index (χ2v) is 12.3. The highest BCUT2D eigenvalue weighted by Gasteiger charge is 2.45.